The molecule has 0 aromatic rings. The number of hydrogen-bond donors (Lipinski definition) is 1. The van der Waals surface area contributed by atoms with E-state index in [-0.39, 0.29) is 0 Å². The topological polar surface area (TPSA) is 18.5 Å². The van der Waals surface area contributed by atoms with Crippen molar-refractivity contribution in [1.82, 2.24) is 15.1 Å². The maximum Gasteiger partial charge on any atom is 0.0195 e. The van der Waals surface area contributed by atoms with Crippen LogP contribution in [-0.2, 0) is 0 Å². The third kappa shape index (κ3) is 4.17. The minimum Gasteiger partial charge on any atom is -0.314 e. The van der Waals surface area contributed by atoms with E-state index >= 15 is 0 Å². The first-order valence-electron chi connectivity index (χ1n) is 8.44. The van der Waals surface area contributed by atoms with Crippen LogP contribution < -0.4 is 5.32 Å². The molecule has 0 aromatic carbocycles. The lowest BCUT2D eigenvalue weighted by molar-refractivity contribution is 0.0745. The largest absolute Gasteiger partial charge is 0.314 e. The average molecular weight is 267 g/mol. The average Bonchev–Trinajstić information content (AvgIpc) is 2.84. The van der Waals surface area contributed by atoms with Crippen molar-refractivity contribution in [2.24, 2.45) is 5.92 Å². The van der Waals surface area contributed by atoms with Crippen LogP contribution in [0.2, 0.25) is 0 Å². The number of rotatable bonds is 6. The predicted molar refractivity (Wildman–Crippen MR) is 82.6 cm³/mol. The van der Waals surface area contributed by atoms with Crippen LogP contribution in [0.3, 0.4) is 0 Å². The Morgan fingerprint density at radius 2 is 2.00 bits per heavy atom. The van der Waals surface area contributed by atoms with Crippen LogP contribution >= 0.6 is 0 Å². The minimum absolute atomic E-state index is 0.738. The molecule has 1 saturated carbocycles. The van der Waals surface area contributed by atoms with Gasteiger partial charge in [-0.1, -0.05) is 20.3 Å². The van der Waals surface area contributed by atoms with Gasteiger partial charge in [0.15, 0.2) is 0 Å². The number of nitrogens with one attached hydrogen (secondary N) is 1. The molecule has 1 saturated heterocycles. The van der Waals surface area contributed by atoms with Gasteiger partial charge in [0.25, 0.3) is 0 Å². The van der Waals surface area contributed by atoms with Gasteiger partial charge in [-0.3, -0.25) is 4.90 Å². The van der Waals surface area contributed by atoms with E-state index in [0.717, 1.165) is 18.0 Å². The van der Waals surface area contributed by atoms with E-state index in [4.69, 9.17) is 0 Å². The predicted octanol–water partition coefficient (Wildman–Crippen LogP) is 2.18. The highest BCUT2D eigenvalue weighted by Crippen LogP contribution is 2.27. The Hall–Kier alpha value is -0.120. The van der Waals surface area contributed by atoms with E-state index in [1.54, 1.807) is 0 Å². The molecule has 2 fully saturated rings. The molecule has 3 atom stereocenters. The summed E-state index contributed by atoms with van der Waals surface area (Å²) in [4.78, 5) is 5.32. The Labute approximate surface area is 119 Å². The maximum absolute atomic E-state index is 3.77. The van der Waals surface area contributed by atoms with E-state index in [9.17, 15) is 0 Å². The summed E-state index contributed by atoms with van der Waals surface area (Å²) in [5, 5.41) is 3.77. The van der Waals surface area contributed by atoms with Crippen molar-refractivity contribution in [2.75, 3.05) is 39.3 Å². The summed E-state index contributed by atoms with van der Waals surface area (Å²) in [5.41, 5.74) is 0. The van der Waals surface area contributed by atoms with Gasteiger partial charge in [0, 0.05) is 38.3 Å². The number of piperazine rings is 1. The lowest BCUT2D eigenvalue weighted by atomic mass is 10.0. The van der Waals surface area contributed by atoms with Crippen LogP contribution in [0.25, 0.3) is 0 Å². The SMILES string of the molecule is CCCNC1CCCC1CN1CCN(CC)C(C)C1. The second-order valence-corrected chi connectivity index (χ2v) is 6.49. The second-order valence-electron chi connectivity index (χ2n) is 6.49. The standard InChI is InChI=1S/C16H33N3/c1-4-9-17-16-8-6-7-15(16)13-18-10-11-19(5-2)14(3)12-18/h14-17H,4-13H2,1-3H3. The zero-order chi connectivity index (χ0) is 13.7. The summed E-state index contributed by atoms with van der Waals surface area (Å²) in [7, 11) is 0. The molecule has 2 rings (SSSR count). The summed E-state index contributed by atoms with van der Waals surface area (Å²) >= 11 is 0. The van der Waals surface area contributed by atoms with Crippen LogP contribution in [-0.4, -0.2) is 61.2 Å². The van der Waals surface area contributed by atoms with Crippen molar-refractivity contribution in [1.29, 1.82) is 0 Å². The molecular weight excluding hydrogens is 234 g/mol. The molecular formula is C16H33N3. The van der Waals surface area contributed by atoms with Crippen molar-refractivity contribution in [3.63, 3.8) is 0 Å². The molecule has 19 heavy (non-hydrogen) atoms. The summed E-state index contributed by atoms with van der Waals surface area (Å²) < 4.78 is 0. The van der Waals surface area contributed by atoms with Gasteiger partial charge in [0.05, 0.1) is 0 Å². The first-order valence-corrected chi connectivity index (χ1v) is 8.44. The monoisotopic (exact) mass is 267 g/mol. The molecule has 1 heterocycles. The molecule has 3 nitrogen and oxygen atoms in total. The lowest BCUT2D eigenvalue weighted by Crippen LogP contribution is -2.53. The Morgan fingerprint density at radius 1 is 1.16 bits per heavy atom. The Balaban J connectivity index is 1.77. The van der Waals surface area contributed by atoms with Crippen LogP contribution in [0.1, 0.15) is 46.5 Å². The van der Waals surface area contributed by atoms with Gasteiger partial charge in [-0.05, 0) is 45.2 Å². The normalized spacial score (nSPS) is 33.9. The van der Waals surface area contributed by atoms with Crippen LogP contribution in [0.4, 0.5) is 0 Å². The highest BCUT2D eigenvalue weighted by atomic mass is 15.3. The van der Waals surface area contributed by atoms with Crippen molar-refractivity contribution < 1.29 is 0 Å². The van der Waals surface area contributed by atoms with Crippen LogP contribution in [0, 0.1) is 5.92 Å². The Morgan fingerprint density at radius 3 is 2.68 bits per heavy atom. The molecule has 1 aliphatic carbocycles. The van der Waals surface area contributed by atoms with Gasteiger partial charge >= 0.3 is 0 Å². The highest BCUT2D eigenvalue weighted by Gasteiger charge is 2.30. The molecule has 0 radical (unpaired) electrons. The smallest absolute Gasteiger partial charge is 0.0195 e. The van der Waals surface area contributed by atoms with E-state index in [1.807, 2.05) is 0 Å². The van der Waals surface area contributed by atoms with Gasteiger partial charge in [0.1, 0.15) is 0 Å². The third-order valence-corrected chi connectivity index (χ3v) is 5.06. The van der Waals surface area contributed by atoms with Crippen molar-refractivity contribution in [3.05, 3.63) is 0 Å². The summed E-state index contributed by atoms with van der Waals surface area (Å²) in [6.07, 6.45) is 5.52. The molecule has 3 heteroatoms. The molecule has 0 aromatic heterocycles. The first-order chi connectivity index (χ1) is 9.24. The minimum atomic E-state index is 0.738. The molecule has 3 unspecified atom stereocenters. The molecule has 0 bridgehead atoms. The zero-order valence-corrected chi connectivity index (χ0v) is 13.2. The van der Waals surface area contributed by atoms with E-state index in [0.29, 0.717) is 0 Å². The summed E-state index contributed by atoms with van der Waals surface area (Å²) in [5.74, 6) is 0.895. The van der Waals surface area contributed by atoms with Gasteiger partial charge in [-0.15, -0.1) is 0 Å². The maximum atomic E-state index is 3.77. The first kappa shape index (κ1) is 15.3. The van der Waals surface area contributed by atoms with Gasteiger partial charge in [-0.2, -0.15) is 0 Å². The summed E-state index contributed by atoms with van der Waals surface area (Å²) in [6.45, 7) is 14.5. The van der Waals surface area contributed by atoms with Gasteiger partial charge in [0.2, 0.25) is 0 Å². The molecule has 112 valence electrons. The van der Waals surface area contributed by atoms with Crippen molar-refractivity contribution in [3.8, 4) is 0 Å². The van der Waals surface area contributed by atoms with Crippen molar-refractivity contribution in [2.45, 2.75) is 58.5 Å². The van der Waals surface area contributed by atoms with Crippen LogP contribution in [0.15, 0.2) is 0 Å². The van der Waals surface area contributed by atoms with Gasteiger partial charge in [-0.25, -0.2) is 0 Å². The Bertz CT molecular complexity index is 256. The zero-order valence-electron chi connectivity index (χ0n) is 13.2. The fourth-order valence-corrected chi connectivity index (χ4v) is 3.89. The van der Waals surface area contributed by atoms with Crippen LogP contribution in [0.5, 0.6) is 0 Å². The third-order valence-electron chi connectivity index (χ3n) is 5.06. The Kier molecular flexibility index (Phi) is 6.11. The second kappa shape index (κ2) is 7.61. The summed E-state index contributed by atoms with van der Waals surface area (Å²) in [6, 6.07) is 1.53. The molecule has 2 aliphatic rings. The highest BCUT2D eigenvalue weighted by molar-refractivity contribution is 4.87. The van der Waals surface area contributed by atoms with E-state index in [2.05, 4.69) is 35.9 Å². The van der Waals surface area contributed by atoms with Crippen molar-refractivity contribution >= 4 is 0 Å². The quantitative estimate of drug-likeness (QED) is 0.796. The molecule has 1 aliphatic heterocycles. The number of likely N-dealkylation sites (N-methyl/N-ethyl adjacent to an activating group) is 1. The molecule has 1 N–H and O–H groups in total. The number of nitrogens with zero attached hydrogens (tertiary/aromatic N) is 2. The fourth-order valence-electron chi connectivity index (χ4n) is 3.89. The van der Waals surface area contributed by atoms with Gasteiger partial charge < -0.3 is 10.2 Å². The fraction of sp³-hybridized carbons (Fsp3) is 1.00. The van der Waals surface area contributed by atoms with E-state index < -0.39 is 0 Å². The molecule has 0 spiro atoms. The number of hydrogen-bond acceptors (Lipinski definition) is 3. The molecule has 0 amide bonds. The van der Waals surface area contributed by atoms with E-state index in [1.165, 1.54) is 65.0 Å². The lowest BCUT2D eigenvalue weighted by Gasteiger charge is -2.41.